The molecule has 0 aliphatic heterocycles. The summed E-state index contributed by atoms with van der Waals surface area (Å²) in [5, 5.41) is 10.7. The molecule has 0 aromatic heterocycles. The summed E-state index contributed by atoms with van der Waals surface area (Å²) >= 11 is 3.80. The molecule has 2 rings (SSSR count). The van der Waals surface area contributed by atoms with Crippen LogP contribution in [0.1, 0.15) is 78.5 Å². The van der Waals surface area contributed by atoms with E-state index in [1.807, 2.05) is 13.0 Å². The van der Waals surface area contributed by atoms with Crippen molar-refractivity contribution in [3.63, 3.8) is 0 Å². The lowest BCUT2D eigenvalue weighted by molar-refractivity contribution is -0.297. The molecule has 174 valence electrons. The Labute approximate surface area is 199 Å². The quantitative estimate of drug-likeness (QED) is 0.312. The zero-order valence-corrected chi connectivity index (χ0v) is 21.9. The van der Waals surface area contributed by atoms with Crippen LogP contribution in [0.15, 0.2) is 46.2 Å². The van der Waals surface area contributed by atoms with E-state index in [2.05, 4.69) is 56.6 Å². The van der Waals surface area contributed by atoms with E-state index in [9.17, 15) is 9.90 Å². The van der Waals surface area contributed by atoms with Crippen molar-refractivity contribution in [3.8, 4) is 5.75 Å². The minimum absolute atomic E-state index is 0.0715. The highest BCUT2D eigenvalue weighted by atomic mass is 79.9. The zero-order chi connectivity index (χ0) is 24.4. The minimum atomic E-state index is -1.31. The molecule has 0 atom stereocenters. The van der Waals surface area contributed by atoms with Gasteiger partial charge in [0.25, 0.3) is 0 Å². The number of carbonyl (C=O) groups excluding carboxylic acids is 1. The smallest absolute Gasteiger partial charge is 0.141 e. The van der Waals surface area contributed by atoms with Crippen molar-refractivity contribution in [2.24, 2.45) is 5.41 Å². The molecule has 32 heavy (non-hydrogen) atoms. The number of carboxylic acids is 1. The van der Waals surface area contributed by atoms with E-state index < -0.39 is 11.8 Å². The van der Waals surface area contributed by atoms with Gasteiger partial charge in [-0.05, 0) is 100 Å². The Morgan fingerprint density at radius 3 is 2.44 bits per heavy atom. The first-order chi connectivity index (χ1) is 14.7. The van der Waals surface area contributed by atoms with Gasteiger partial charge in [0.1, 0.15) is 11.6 Å². The molecule has 5 heteroatoms. The third kappa shape index (κ3) is 5.61. The van der Waals surface area contributed by atoms with Crippen LogP contribution in [0.25, 0.3) is 11.1 Å². The largest absolute Gasteiger partial charge is 0.545 e. The average Bonchev–Trinajstić information content (AvgIpc) is 2.65. The molecule has 0 heterocycles. The number of hydrogen-bond acceptors (Lipinski definition) is 3. The number of aliphatic carboxylic acids is 1. The highest BCUT2D eigenvalue weighted by Crippen LogP contribution is 2.52. The summed E-state index contributed by atoms with van der Waals surface area (Å²) in [4.78, 5) is 10.7. The Bertz CT molecular complexity index is 1030. The highest BCUT2D eigenvalue weighted by molar-refractivity contribution is 9.10. The predicted molar refractivity (Wildman–Crippen MR) is 132 cm³/mol. The van der Waals surface area contributed by atoms with E-state index in [1.165, 1.54) is 23.3 Å². The van der Waals surface area contributed by atoms with Gasteiger partial charge in [-0.3, -0.25) is 0 Å². The summed E-state index contributed by atoms with van der Waals surface area (Å²) in [7, 11) is 0. The molecule has 1 aliphatic carbocycles. The average molecular weight is 504 g/mol. The topological polar surface area (TPSA) is 49.4 Å². The Balaban J connectivity index is 2.79. The molecule has 1 aromatic rings. The van der Waals surface area contributed by atoms with E-state index in [1.54, 1.807) is 13.8 Å². The molecule has 0 saturated heterocycles. The Hall–Kier alpha value is -2.14. The second-order valence-corrected chi connectivity index (χ2v) is 10.7. The maximum absolute atomic E-state index is 15.2. The molecular formula is C27H33BrFO3-. The second-order valence-electron chi connectivity index (χ2n) is 9.89. The van der Waals surface area contributed by atoms with Crippen LogP contribution in [-0.2, 0) is 10.2 Å². The summed E-state index contributed by atoms with van der Waals surface area (Å²) in [5.41, 5.74) is 4.82. The van der Waals surface area contributed by atoms with Crippen LogP contribution in [0, 0.1) is 5.41 Å². The third-order valence-electron chi connectivity index (χ3n) is 5.70. The number of fused-ring (bicyclic) bond motifs is 1. The molecule has 0 spiro atoms. The van der Waals surface area contributed by atoms with Crippen LogP contribution in [0.3, 0.4) is 0 Å². The summed E-state index contributed by atoms with van der Waals surface area (Å²) in [6.45, 7) is 16.6. The third-order valence-corrected chi connectivity index (χ3v) is 6.46. The summed E-state index contributed by atoms with van der Waals surface area (Å²) in [6, 6.07) is 2.04. The number of halogens is 2. The Kier molecular flexibility index (Phi) is 7.98. The first-order valence-corrected chi connectivity index (χ1v) is 11.6. The number of carbonyl (C=O) groups is 1. The first kappa shape index (κ1) is 26.1. The van der Waals surface area contributed by atoms with Crippen molar-refractivity contribution >= 4 is 33.0 Å². The van der Waals surface area contributed by atoms with Gasteiger partial charge in [-0.25, -0.2) is 4.39 Å². The predicted octanol–water partition coefficient (Wildman–Crippen LogP) is 6.91. The SMILES string of the molecule is CCOc1c(\C(C)=C(F)/C=C/C(C)=C/C(=O)[O-])cc2c(c1Br)C(C)(C)CC=C2C(C)(C)C. The molecule has 0 amide bonds. The van der Waals surface area contributed by atoms with Gasteiger partial charge < -0.3 is 14.6 Å². The molecule has 0 bridgehead atoms. The van der Waals surface area contributed by atoms with Gasteiger partial charge in [0.2, 0.25) is 0 Å². The van der Waals surface area contributed by atoms with E-state index in [0.717, 1.165) is 22.5 Å². The number of allylic oxidation sites excluding steroid dienone is 7. The zero-order valence-electron chi connectivity index (χ0n) is 20.3. The van der Waals surface area contributed by atoms with Gasteiger partial charge in [0.15, 0.2) is 0 Å². The van der Waals surface area contributed by atoms with E-state index >= 15 is 4.39 Å². The Morgan fingerprint density at radius 1 is 1.28 bits per heavy atom. The molecule has 0 fully saturated rings. The lowest BCUT2D eigenvalue weighted by atomic mass is 9.67. The fourth-order valence-electron chi connectivity index (χ4n) is 4.04. The van der Waals surface area contributed by atoms with Crippen molar-refractivity contribution in [1.82, 2.24) is 0 Å². The van der Waals surface area contributed by atoms with Crippen LogP contribution in [0.5, 0.6) is 5.75 Å². The summed E-state index contributed by atoms with van der Waals surface area (Å²) in [5.74, 6) is -1.15. The minimum Gasteiger partial charge on any atom is -0.545 e. The van der Waals surface area contributed by atoms with E-state index in [0.29, 0.717) is 29.1 Å². The van der Waals surface area contributed by atoms with Gasteiger partial charge in [-0.1, -0.05) is 46.8 Å². The molecular weight excluding hydrogens is 471 g/mol. The van der Waals surface area contributed by atoms with Crippen molar-refractivity contribution in [3.05, 3.63) is 62.9 Å². The van der Waals surface area contributed by atoms with Gasteiger partial charge in [0, 0.05) is 5.56 Å². The number of rotatable bonds is 6. The maximum atomic E-state index is 15.2. The van der Waals surface area contributed by atoms with Crippen LogP contribution in [0.4, 0.5) is 4.39 Å². The first-order valence-electron chi connectivity index (χ1n) is 10.9. The van der Waals surface area contributed by atoms with Crippen molar-refractivity contribution in [2.45, 2.75) is 67.2 Å². The summed E-state index contributed by atoms with van der Waals surface area (Å²) in [6.07, 6.45) is 6.83. The highest BCUT2D eigenvalue weighted by Gasteiger charge is 2.36. The van der Waals surface area contributed by atoms with E-state index in [-0.39, 0.29) is 10.8 Å². The molecule has 0 N–H and O–H groups in total. The second kappa shape index (κ2) is 9.78. The van der Waals surface area contributed by atoms with Gasteiger partial charge in [-0.2, -0.15) is 0 Å². The van der Waals surface area contributed by atoms with Gasteiger partial charge in [-0.15, -0.1) is 0 Å². The van der Waals surface area contributed by atoms with E-state index in [4.69, 9.17) is 4.74 Å². The van der Waals surface area contributed by atoms with Crippen LogP contribution < -0.4 is 9.84 Å². The van der Waals surface area contributed by atoms with Crippen molar-refractivity contribution in [1.29, 1.82) is 0 Å². The van der Waals surface area contributed by atoms with Gasteiger partial charge in [0.05, 0.1) is 17.0 Å². The summed E-state index contributed by atoms with van der Waals surface area (Å²) < 4.78 is 22.0. The molecule has 3 nitrogen and oxygen atoms in total. The monoisotopic (exact) mass is 503 g/mol. The normalized spacial score (nSPS) is 17.1. The van der Waals surface area contributed by atoms with Crippen LogP contribution in [-0.4, -0.2) is 12.6 Å². The Morgan fingerprint density at radius 2 is 1.91 bits per heavy atom. The molecule has 1 aromatic carbocycles. The van der Waals surface area contributed by atoms with Gasteiger partial charge >= 0.3 is 0 Å². The fraction of sp³-hybridized carbons (Fsp3) is 0.444. The molecule has 1 aliphatic rings. The van der Waals surface area contributed by atoms with Crippen molar-refractivity contribution < 1.29 is 19.0 Å². The van der Waals surface area contributed by atoms with Crippen LogP contribution in [0.2, 0.25) is 0 Å². The number of benzene rings is 1. The number of ether oxygens (including phenoxy) is 1. The van der Waals surface area contributed by atoms with Crippen LogP contribution >= 0.6 is 15.9 Å². The molecule has 0 saturated carbocycles. The fourth-order valence-corrected chi connectivity index (χ4v) is 5.12. The number of hydrogen-bond donors (Lipinski definition) is 0. The van der Waals surface area contributed by atoms with Crippen molar-refractivity contribution in [2.75, 3.05) is 6.61 Å². The molecule has 0 radical (unpaired) electrons. The standard InChI is InChI=1S/C27H34BrFO3/c1-9-32-25-18(17(3)21(29)11-10-16(2)14-22(30)31)15-19-20(26(4,5)6)12-13-27(7,8)23(19)24(25)28/h10-12,14-15H,9,13H2,1-8H3,(H,30,31)/p-1/b11-10+,16-14+,21-17+. The maximum Gasteiger partial charge on any atom is 0.141 e. The number of carboxylic acid groups (broad SMARTS) is 1. The lowest BCUT2D eigenvalue weighted by Gasteiger charge is -2.38. The molecule has 0 unspecified atom stereocenters. The lowest BCUT2D eigenvalue weighted by Crippen LogP contribution is -2.26.